The van der Waals surface area contributed by atoms with Crippen molar-refractivity contribution >= 4 is 28.1 Å². The second-order valence-corrected chi connectivity index (χ2v) is 7.32. The van der Waals surface area contributed by atoms with Crippen LogP contribution in [0.3, 0.4) is 0 Å². The van der Waals surface area contributed by atoms with Gasteiger partial charge < -0.3 is 14.2 Å². The molecule has 0 saturated carbocycles. The van der Waals surface area contributed by atoms with Gasteiger partial charge in [-0.05, 0) is 70.4 Å². The van der Waals surface area contributed by atoms with Crippen LogP contribution >= 0.6 is 15.9 Å². The van der Waals surface area contributed by atoms with E-state index < -0.39 is 0 Å². The van der Waals surface area contributed by atoms with Crippen LogP contribution in [-0.2, 0) is 6.61 Å². The Morgan fingerprint density at radius 3 is 2.48 bits per heavy atom. The molecule has 0 fully saturated rings. The van der Waals surface area contributed by atoms with Gasteiger partial charge in [0.25, 0.3) is 5.91 Å². The maximum atomic E-state index is 12.2. The van der Waals surface area contributed by atoms with E-state index in [0.717, 1.165) is 15.6 Å². The second kappa shape index (κ2) is 11.2. The fraction of sp³-hybridized carbons (Fsp3) is 0.167. The first-order chi connectivity index (χ1) is 15.1. The van der Waals surface area contributed by atoms with Crippen molar-refractivity contribution in [3.8, 4) is 17.2 Å². The number of rotatable bonds is 9. The van der Waals surface area contributed by atoms with Crippen molar-refractivity contribution in [2.24, 2.45) is 5.10 Å². The molecule has 160 valence electrons. The summed E-state index contributed by atoms with van der Waals surface area (Å²) in [4.78, 5) is 12.2. The molecule has 0 spiro atoms. The van der Waals surface area contributed by atoms with Crippen LogP contribution in [0.1, 0.15) is 28.4 Å². The fourth-order valence-corrected chi connectivity index (χ4v) is 3.36. The van der Waals surface area contributed by atoms with Crippen molar-refractivity contribution in [1.82, 2.24) is 5.43 Å². The van der Waals surface area contributed by atoms with Crippen LogP contribution in [0, 0.1) is 0 Å². The normalized spacial score (nSPS) is 10.7. The number of nitrogens with zero attached hydrogens (tertiary/aromatic N) is 1. The van der Waals surface area contributed by atoms with Crippen LogP contribution in [0.4, 0.5) is 0 Å². The van der Waals surface area contributed by atoms with Crippen LogP contribution in [0.25, 0.3) is 0 Å². The minimum atomic E-state index is -0.312. The lowest BCUT2D eigenvalue weighted by molar-refractivity contribution is 0.0955. The lowest BCUT2D eigenvalue weighted by Crippen LogP contribution is -2.17. The summed E-state index contributed by atoms with van der Waals surface area (Å²) in [6, 6.07) is 20.4. The van der Waals surface area contributed by atoms with Crippen molar-refractivity contribution in [3.63, 3.8) is 0 Å². The summed E-state index contributed by atoms with van der Waals surface area (Å²) in [5.74, 6) is 1.56. The second-order valence-electron chi connectivity index (χ2n) is 6.46. The van der Waals surface area contributed by atoms with Crippen LogP contribution < -0.4 is 19.6 Å². The number of carbonyl (C=O) groups excluding carboxylic acids is 1. The Bertz CT molecular complexity index is 1040. The van der Waals surface area contributed by atoms with Gasteiger partial charge in [-0.15, -0.1) is 0 Å². The minimum absolute atomic E-state index is 0.312. The smallest absolute Gasteiger partial charge is 0.271 e. The number of ether oxygens (including phenoxy) is 3. The van der Waals surface area contributed by atoms with Crippen LogP contribution in [0.5, 0.6) is 17.2 Å². The van der Waals surface area contributed by atoms with Crippen molar-refractivity contribution < 1.29 is 19.0 Å². The molecule has 1 N–H and O–H groups in total. The van der Waals surface area contributed by atoms with E-state index in [2.05, 4.69) is 26.5 Å². The quantitative estimate of drug-likeness (QED) is 0.336. The molecule has 3 rings (SSSR count). The first kappa shape index (κ1) is 22.4. The number of hydrogen-bond acceptors (Lipinski definition) is 5. The molecule has 0 aromatic heterocycles. The summed E-state index contributed by atoms with van der Waals surface area (Å²) in [5, 5.41) is 4.04. The third kappa shape index (κ3) is 6.33. The predicted molar refractivity (Wildman–Crippen MR) is 124 cm³/mol. The highest BCUT2D eigenvalue weighted by atomic mass is 79.9. The molecule has 0 aliphatic carbocycles. The Hall–Kier alpha value is -3.32. The predicted octanol–water partition coefficient (Wildman–Crippen LogP) is 5.20. The highest BCUT2D eigenvalue weighted by molar-refractivity contribution is 9.10. The molecule has 0 aliphatic rings. The summed E-state index contributed by atoms with van der Waals surface area (Å²) >= 11 is 3.52. The van der Waals surface area contributed by atoms with E-state index in [0.29, 0.717) is 36.0 Å². The summed E-state index contributed by atoms with van der Waals surface area (Å²) in [6.07, 6.45) is 1.54. The molecule has 0 radical (unpaired) electrons. The summed E-state index contributed by atoms with van der Waals surface area (Å²) in [7, 11) is 1.58. The van der Waals surface area contributed by atoms with Gasteiger partial charge in [-0.1, -0.05) is 30.3 Å². The molecule has 31 heavy (non-hydrogen) atoms. The maximum absolute atomic E-state index is 12.2. The van der Waals surface area contributed by atoms with E-state index in [-0.39, 0.29) is 5.91 Å². The number of amides is 1. The van der Waals surface area contributed by atoms with Crippen molar-refractivity contribution in [1.29, 1.82) is 0 Å². The lowest BCUT2D eigenvalue weighted by Gasteiger charge is -2.13. The van der Waals surface area contributed by atoms with Gasteiger partial charge in [-0.2, -0.15) is 5.10 Å². The Balaban J connectivity index is 1.65. The molecule has 0 unspecified atom stereocenters. The zero-order valence-electron chi connectivity index (χ0n) is 17.3. The van der Waals surface area contributed by atoms with Crippen LogP contribution in [0.15, 0.2) is 76.3 Å². The highest BCUT2D eigenvalue weighted by Gasteiger charge is 2.12. The van der Waals surface area contributed by atoms with E-state index in [9.17, 15) is 4.79 Å². The number of hydrogen-bond donors (Lipinski definition) is 1. The van der Waals surface area contributed by atoms with Crippen LogP contribution in [-0.4, -0.2) is 25.8 Å². The minimum Gasteiger partial charge on any atom is -0.494 e. The van der Waals surface area contributed by atoms with E-state index in [4.69, 9.17) is 14.2 Å². The van der Waals surface area contributed by atoms with Crippen LogP contribution in [0.2, 0.25) is 0 Å². The highest BCUT2D eigenvalue weighted by Crippen LogP contribution is 2.36. The van der Waals surface area contributed by atoms with E-state index in [1.54, 1.807) is 43.7 Å². The largest absolute Gasteiger partial charge is 0.494 e. The first-order valence-corrected chi connectivity index (χ1v) is 10.5. The molecule has 0 bridgehead atoms. The van der Waals surface area contributed by atoms with Gasteiger partial charge in [0, 0.05) is 5.56 Å². The SMILES string of the molecule is CCOc1ccc(C(=O)N/N=C/c2cc(Br)c(OCc3ccccc3)c(OC)c2)cc1. The van der Waals surface area contributed by atoms with Gasteiger partial charge in [0.2, 0.25) is 0 Å². The number of benzene rings is 3. The number of nitrogens with one attached hydrogen (secondary N) is 1. The topological polar surface area (TPSA) is 69.2 Å². The average molecular weight is 483 g/mol. The maximum Gasteiger partial charge on any atom is 0.271 e. The molecule has 6 nitrogen and oxygen atoms in total. The van der Waals surface area contributed by atoms with E-state index in [1.807, 2.05) is 43.3 Å². The van der Waals surface area contributed by atoms with Gasteiger partial charge in [0.15, 0.2) is 11.5 Å². The molecule has 0 atom stereocenters. The Morgan fingerprint density at radius 1 is 1.06 bits per heavy atom. The number of halogens is 1. The summed E-state index contributed by atoms with van der Waals surface area (Å²) in [5.41, 5.74) is 4.80. The Kier molecular flexibility index (Phi) is 8.06. The summed E-state index contributed by atoms with van der Waals surface area (Å²) in [6.45, 7) is 2.90. The monoisotopic (exact) mass is 482 g/mol. The third-order valence-corrected chi connectivity index (χ3v) is 4.87. The molecule has 0 aliphatic heterocycles. The standard InChI is InChI=1S/C24H23BrN2O4/c1-3-30-20-11-9-19(10-12-20)24(28)27-26-15-18-13-21(25)23(22(14-18)29-2)31-16-17-7-5-4-6-8-17/h4-15H,3,16H2,1-2H3,(H,27,28)/b26-15+. The number of hydrazone groups is 1. The molecule has 7 heteroatoms. The van der Waals surface area contributed by atoms with Gasteiger partial charge in [0.1, 0.15) is 12.4 Å². The zero-order valence-corrected chi connectivity index (χ0v) is 18.9. The lowest BCUT2D eigenvalue weighted by atomic mass is 10.2. The Labute approximate surface area is 190 Å². The third-order valence-electron chi connectivity index (χ3n) is 4.28. The molecular formula is C24H23BrN2O4. The number of carbonyl (C=O) groups is 1. The molecule has 3 aromatic carbocycles. The zero-order chi connectivity index (χ0) is 22.1. The number of methoxy groups -OCH3 is 1. The molecule has 0 saturated heterocycles. The van der Waals surface area contributed by atoms with Crippen molar-refractivity contribution in [2.75, 3.05) is 13.7 Å². The molecule has 1 amide bonds. The van der Waals surface area contributed by atoms with Gasteiger partial charge >= 0.3 is 0 Å². The van der Waals surface area contributed by atoms with Gasteiger partial charge in [-0.25, -0.2) is 5.43 Å². The Morgan fingerprint density at radius 2 is 1.81 bits per heavy atom. The van der Waals surface area contributed by atoms with Gasteiger partial charge in [0.05, 0.1) is 24.4 Å². The molecular weight excluding hydrogens is 460 g/mol. The molecule has 0 heterocycles. The molecule has 3 aromatic rings. The van der Waals surface area contributed by atoms with Gasteiger partial charge in [-0.3, -0.25) is 4.79 Å². The first-order valence-electron chi connectivity index (χ1n) is 9.71. The average Bonchev–Trinajstić information content (AvgIpc) is 2.79. The summed E-state index contributed by atoms with van der Waals surface area (Å²) < 4.78 is 17.5. The van der Waals surface area contributed by atoms with E-state index in [1.165, 1.54) is 0 Å². The fourth-order valence-electron chi connectivity index (χ4n) is 2.78. The van der Waals surface area contributed by atoms with E-state index >= 15 is 0 Å². The van der Waals surface area contributed by atoms with Crippen molar-refractivity contribution in [3.05, 3.63) is 87.9 Å². The van der Waals surface area contributed by atoms with Crippen molar-refractivity contribution in [2.45, 2.75) is 13.5 Å².